The molecule has 11 heavy (non-hydrogen) atoms. The zero-order chi connectivity index (χ0) is 8.43. The number of rotatable bonds is 1. The molecule has 0 aliphatic carbocycles. The summed E-state index contributed by atoms with van der Waals surface area (Å²) in [5.41, 5.74) is 5.46. The Kier molecular flexibility index (Phi) is 1.98. The van der Waals surface area contributed by atoms with Crippen LogP contribution in [0.2, 0.25) is 0 Å². The van der Waals surface area contributed by atoms with Gasteiger partial charge in [-0.25, -0.2) is 4.99 Å². The summed E-state index contributed by atoms with van der Waals surface area (Å²) >= 11 is 0. The monoisotopic (exact) mass is 151 g/mol. The Morgan fingerprint density at radius 1 is 1.64 bits per heavy atom. The molecular weight excluding hydrogens is 138 g/mol. The zero-order valence-corrected chi connectivity index (χ0v) is 6.91. The van der Waals surface area contributed by atoms with Gasteiger partial charge in [-0.1, -0.05) is 6.58 Å². The number of hydrogen-bond donors (Lipinski definition) is 1. The fourth-order valence-electron chi connectivity index (χ4n) is 0.957. The first-order chi connectivity index (χ1) is 5.11. The van der Waals surface area contributed by atoms with Gasteiger partial charge >= 0.3 is 0 Å². The third-order valence-corrected chi connectivity index (χ3v) is 1.52. The number of nitrogens with zero attached hydrogens (tertiary/aromatic N) is 2. The summed E-state index contributed by atoms with van der Waals surface area (Å²) in [7, 11) is 0. The second-order valence-electron chi connectivity index (χ2n) is 2.77. The highest BCUT2D eigenvalue weighted by Crippen LogP contribution is 2.12. The predicted octanol–water partition coefficient (Wildman–Crippen LogP) is 1.05. The molecule has 0 aromatic heterocycles. The van der Waals surface area contributed by atoms with Crippen LogP contribution in [0.3, 0.4) is 0 Å². The van der Waals surface area contributed by atoms with Gasteiger partial charge in [0.25, 0.3) is 0 Å². The average molecular weight is 151 g/mol. The summed E-state index contributed by atoms with van der Waals surface area (Å²) in [5.74, 6) is 1.23. The number of hydrogen-bond acceptors (Lipinski definition) is 3. The molecule has 0 saturated carbocycles. The fraction of sp³-hybridized carbons (Fsp3) is 0.375. The van der Waals surface area contributed by atoms with Gasteiger partial charge in [-0.2, -0.15) is 0 Å². The first-order valence-electron chi connectivity index (χ1n) is 3.61. The van der Waals surface area contributed by atoms with E-state index in [2.05, 4.69) is 25.4 Å². The van der Waals surface area contributed by atoms with E-state index in [1.54, 1.807) is 6.08 Å². The van der Waals surface area contributed by atoms with E-state index in [0.29, 0.717) is 17.7 Å². The zero-order valence-electron chi connectivity index (χ0n) is 6.91. The van der Waals surface area contributed by atoms with Crippen molar-refractivity contribution in [3.8, 4) is 0 Å². The van der Waals surface area contributed by atoms with Crippen molar-refractivity contribution in [2.45, 2.75) is 19.9 Å². The molecule has 0 fully saturated rings. The molecule has 0 spiro atoms. The third kappa shape index (κ3) is 1.61. The van der Waals surface area contributed by atoms with E-state index in [-0.39, 0.29) is 0 Å². The molecule has 0 amide bonds. The van der Waals surface area contributed by atoms with Crippen LogP contribution in [0.5, 0.6) is 0 Å². The van der Waals surface area contributed by atoms with E-state index in [4.69, 9.17) is 5.73 Å². The van der Waals surface area contributed by atoms with Crippen LogP contribution in [0, 0.1) is 0 Å². The molecule has 0 saturated heterocycles. The molecule has 1 aliphatic rings. The highest BCUT2D eigenvalue weighted by Gasteiger charge is 2.10. The van der Waals surface area contributed by atoms with Crippen LogP contribution < -0.4 is 5.73 Å². The smallest absolute Gasteiger partial charge is 0.127 e. The van der Waals surface area contributed by atoms with Crippen molar-refractivity contribution in [3.63, 3.8) is 0 Å². The summed E-state index contributed by atoms with van der Waals surface area (Å²) in [6.07, 6.45) is 3.67. The molecule has 1 rings (SSSR count). The van der Waals surface area contributed by atoms with E-state index < -0.39 is 0 Å². The van der Waals surface area contributed by atoms with Crippen molar-refractivity contribution in [2.75, 3.05) is 0 Å². The fourth-order valence-corrected chi connectivity index (χ4v) is 0.957. The molecule has 1 heterocycles. The van der Waals surface area contributed by atoms with E-state index in [1.807, 2.05) is 11.1 Å². The van der Waals surface area contributed by atoms with E-state index in [0.717, 1.165) is 0 Å². The largest absolute Gasteiger partial charge is 0.384 e. The number of amidine groups is 1. The Morgan fingerprint density at radius 3 is 2.73 bits per heavy atom. The maximum atomic E-state index is 5.46. The van der Waals surface area contributed by atoms with Gasteiger partial charge in [-0.3, -0.25) is 0 Å². The lowest BCUT2D eigenvalue weighted by molar-refractivity contribution is 0.380. The third-order valence-electron chi connectivity index (χ3n) is 1.52. The summed E-state index contributed by atoms with van der Waals surface area (Å²) in [4.78, 5) is 5.99. The molecule has 1 aliphatic heterocycles. The van der Waals surface area contributed by atoms with Crippen LogP contribution in [0.25, 0.3) is 0 Å². The lowest BCUT2D eigenvalue weighted by Gasteiger charge is -2.26. The van der Waals surface area contributed by atoms with Gasteiger partial charge in [-0.15, -0.1) is 0 Å². The van der Waals surface area contributed by atoms with Gasteiger partial charge in [0.1, 0.15) is 11.7 Å². The lowest BCUT2D eigenvalue weighted by Crippen LogP contribution is -2.28. The van der Waals surface area contributed by atoms with E-state index in [1.165, 1.54) is 0 Å². The highest BCUT2D eigenvalue weighted by atomic mass is 15.2. The summed E-state index contributed by atoms with van der Waals surface area (Å²) in [6, 6.07) is 0.385. The molecule has 3 nitrogen and oxygen atoms in total. The van der Waals surface area contributed by atoms with Crippen molar-refractivity contribution in [1.29, 1.82) is 0 Å². The van der Waals surface area contributed by atoms with Crippen molar-refractivity contribution in [2.24, 2.45) is 10.7 Å². The first kappa shape index (κ1) is 7.85. The molecule has 0 bridgehead atoms. The summed E-state index contributed by atoms with van der Waals surface area (Å²) in [5, 5.41) is 0. The van der Waals surface area contributed by atoms with Crippen LogP contribution in [0.4, 0.5) is 0 Å². The topological polar surface area (TPSA) is 41.6 Å². The molecule has 3 heteroatoms. The normalized spacial score (nSPS) is 17.5. The van der Waals surface area contributed by atoms with Gasteiger partial charge in [0.15, 0.2) is 0 Å². The predicted molar refractivity (Wildman–Crippen MR) is 46.9 cm³/mol. The Morgan fingerprint density at radius 2 is 2.27 bits per heavy atom. The first-order valence-corrected chi connectivity index (χ1v) is 3.61. The van der Waals surface area contributed by atoms with Crippen LogP contribution in [0.1, 0.15) is 13.8 Å². The Balaban J connectivity index is 2.77. The molecule has 0 aromatic rings. The molecule has 0 atom stereocenters. The maximum Gasteiger partial charge on any atom is 0.127 e. The summed E-state index contributed by atoms with van der Waals surface area (Å²) < 4.78 is 0. The molecule has 0 unspecified atom stereocenters. The van der Waals surface area contributed by atoms with Gasteiger partial charge < -0.3 is 10.6 Å². The van der Waals surface area contributed by atoms with Crippen LogP contribution in [-0.4, -0.2) is 16.8 Å². The minimum Gasteiger partial charge on any atom is -0.384 e. The van der Waals surface area contributed by atoms with Gasteiger partial charge in [0.05, 0.1) is 0 Å². The minimum absolute atomic E-state index is 0.385. The van der Waals surface area contributed by atoms with E-state index in [9.17, 15) is 0 Å². The second-order valence-corrected chi connectivity index (χ2v) is 2.77. The van der Waals surface area contributed by atoms with Crippen LogP contribution in [0.15, 0.2) is 29.7 Å². The van der Waals surface area contributed by atoms with Crippen LogP contribution >= 0.6 is 0 Å². The Labute approximate surface area is 66.9 Å². The molecule has 60 valence electrons. The molecule has 0 radical (unpaired) electrons. The van der Waals surface area contributed by atoms with Crippen LogP contribution in [-0.2, 0) is 0 Å². The second kappa shape index (κ2) is 2.78. The van der Waals surface area contributed by atoms with Crippen molar-refractivity contribution in [3.05, 3.63) is 24.7 Å². The number of aliphatic imine (C=N–C) groups is 1. The highest BCUT2D eigenvalue weighted by molar-refractivity contribution is 5.92. The lowest BCUT2D eigenvalue weighted by atomic mass is 10.3. The maximum absolute atomic E-state index is 5.46. The molecule has 0 aromatic carbocycles. The quantitative estimate of drug-likeness (QED) is 0.608. The summed E-state index contributed by atoms with van der Waals surface area (Å²) in [6.45, 7) is 7.93. The Hall–Kier alpha value is -1.25. The van der Waals surface area contributed by atoms with Gasteiger partial charge in [0.2, 0.25) is 0 Å². The standard InChI is InChI=1S/C8H13N3/c1-6(2)11-5-4-8(9)10-7(11)3/h4-6H,3H2,1-2H3,(H2,9,10). The van der Waals surface area contributed by atoms with Crippen molar-refractivity contribution in [1.82, 2.24) is 4.90 Å². The van der Waals surface area contributed by atoms with Crippen molar-refractivity contribution < 1.29 is 0 Å². The average Bonchev–Trinajstić information content (AvgIpc) is 1.85. The SMILES string of the molecule is C=C1N=C(N)C=CN1C(C)C. The van der Waals surface area contributed by atoms with Gasteiger partial charge in [0, 0.05) is 12.2 Å². The Bertz CT molecular complexity index is 225. The molecular formula is C8H13N3. The van der Waals surface area contributed by atoms with Crippen molar-refractivity contribution >= 4 is 5.84 Å². The van der Waals surface area contributed by atoms with Gasteiger partial charge in [-0.05, 0) is 19.9 Å². The van der Waals surface area contributed by atoms with E-state index >= 15 is 0 Å². The number of nitrogens with two attached hydrogens (primary N) is 1. The molecule has 2 N–H and O–H groups in total. The minimum atomic E-state index is 0.385.